The summed E-state index contributed by atoms with van der Waals surface area (Å²) in [5, 5.41) is 3.98. The molecule has 1 aromatic heterocycles. The van der Waals surface area contributed by atoms with Crippen molar-refractivity contribution in [1.29, 1.82) is 0 Å². The van der Waals surface area contributed by atoms with E-state index in [4.69, 9.17) is 15.0 Å². The van der Waals surface area contributed by atoms with E-state index in [0.29, 0.717) is 11.7 Å². The van der Waals surface area contributed by atoms with Crippen molar-refractivity contribution in [2.24, 2.45) is 5.73 Å². The molecule has 0 saturated heterocycles. The molecule has 5 heteroatoms. The molecular formula is C14H19N3O2. The summed E-state index contributed by atoms with van der Waals surface area (Å²) >= 11 is 0. The van der Waals surface area contributed by atoms with Crippen LogP contribution in [-0.2, 0) is 0 Å². The third-order valence-corrected chi connectivity index (χ3v) is 3.01. The molecular weight excluding hydrogens is 242 g/mol. The fourth-order valence-electron chi connectivity index (χ4n) is 1.96. The lowest BCUT2D eigenvalue weighted by Gasteiger charge is -2.05. The van der Waals surface area contributed by atoms with Crippen LogP contribution in [0.15, 0.2) is 22.7 Å². The Labute approximate surface area is 112 Å². The monoisotopic (exact) mass is 261 g/mol. The third kappa shape index (κ3) is 2.93. The maximum absolute atomic E-state index is 5.96. The first kappa shape index (κ1) is 13.5. The molecule has 5 nitrogen and oxygen atoms in total. The third-order valence-electron chi connectivity index (χ3n) is 3.01. The lowest BCUT2D eigenvalue weighted by Crippen LogP contribution is -2.09. The number of benzene rings is 1. The summed E-state index contributed by atoms with van der Waals surface area (Å²) < 4.78 is 10.4. The molecule has 1 aromatic carbocycles. The summed E-state index contributed by atoms with van der Waals surface area (Å²) in [6.07, 6.45) is 1.82. The lowest BCUT2D eigenvalue weighted by molar-refractivity contribution is 0.348. The van der Waals surface area contributed by atoms with E-state index in [1.807, 2.05) is 25.1 Å². The number of rotatable bonds is 5. The first-order valence-electron chi connectivity index (χ1n) is 6.40. The maximum atomic E-state index is 5.96. The van der Waals surface area contributed by atoms with Gasteiger partial charge in [0.2, 0.25) is 11.7 Å². The van der Waals surface area contributed by atoms with Gasteiger partial charge in [0.15, 0.2) is 0 Å². The molecule has 0 spiro atoms. The highest BCUT2D eigenvalue weighted by atomic mass is 16.5. The number of ether oxygens (including phenoxy) is 1. The molecule has 2 rings (SSSR count). The summed E-state index contributed by atoms with van der Waals surface area (Å²) in [6.45, 7) is 4.05. The Kier molecular flexibility index (Phi) is 4.16. The predicted molar refractivity (Wildman–Crippen MR) is 72.9 cm³/mol. The van der Waals surface area contributed by atoms with Crippen molar-refractivity contribution in [1.82, 2.24) is 10.1 Å². The van der Waals surface area contributed by atoms with Crippen LogP contribution >= 0.6 is 0 Å². The second kappa shape index (κ2) is 5.84. The molecule has 0 amide bonds. The minimum Gasteiger partial charge on any atom is -0.496 e. The second-order valence-corrected chi connectivity index (χ2v) is 4.54. The summed E-state index contributed by atoms with van der Waals surface area (Å²) in [5.74, 6) is 1.90. The van der Waals surface area contributed by atoms with E-state index in [0.717, 1.165) is 29.7 Å². The van der Waals surface area contributed by atoms with Crippen LogP contribution in [0.4, 0.5) is 0 Å². The highest BCUT2D eigenvalue weighted by Crippen LogP contribution is 2.25. The lowest BCUT2D eigenvalue weighted by atomic mass is 10.1. The zero-order valence-electron chi connectivity index (χ0n) is 11.5. The molecule has 0 unspecified atom stereocenters. The largest absolute Gasteiger partial charge is 0.496 e. The standard InChI is InChI=1S/C14H19N3O2/c1-4-5-11(15)14-16-13(17-19-14)10-6-7-12(18-3)9(2)8-10/h6-8,11H,4-5,15H2,1-3H3/t11-/m0/s1. The van der Waals surface area contributed by atoms with Crippen molar-refractivity contribution < 1.29 is 9.26 Å². The van der Waals surface area contributed by atoms with Gasteiger partial charge in [-0.25, -0.2) is 0 Å². The van der Waals surface area contributed by atoms with Gasteiger partial charge >= 0.3 is 0 Å². The van der Waals surface area contributed by atoms with E-state index in [1.54, 1.807) is 7.11 Å². The number of methoxy groups -OCH3 is 1. The van der Waals surface area contributed by atoms with Crippen LogP contribution in [0.25, 0.3) is 11.4 Å². The fraction of sp³-hybridized carbons (Fsp3) is 0.429. The number of aromatic nitrogens is 2. The maximum Gasteiger partial charge on any atom is 0.243 e. The van der Waals surface area contributed by atoms with Crippen molar-refractivity contribution in [3.8, 4) is 17.1 Å². The molecule has 0 bridgehead atoms. The second-order valence-electron chi connectivity index (χ2n) is 4.54. The molecule has 0 aliphatic rings. The first-order chi connectivity index (χ1) is 9.15. The van der Waals surface area contributed by atoms with Gasteiger partial charge in [-0.05, 0) is 37.1 Å². The van der Waals surface area contributed by atoms with Gasteiger partial charge in [-0.2, -0.15) is 4.98 Å². The molecule has 0 radical (unpaired) electrons. The van der Waals surface area contributed by atoms with Gasteiger partial charge in [0, 0.05) is 5.56 Å². The molecule has 2 N–H and O–H groups in total. The topological polar surface area (TPSA) is 74.2 Å². The van der Waals surface area contributed by atoms with Crippen molar-refractivity contribution in [3.05, 3.63) is 29.7 Å². The normalized spacial score (nSPS) is 12.4. The first-order valence-corrected chi connectivity index (χ1v) is 6.40. The molecule has 0 saturated carbocycles. The summed E-state index contributed by atoms with van der Waals surface area (Å²) in [5.41, 5.74) is 7.89. The Hall–Kier alpha value is -1.88. The van der Waals surface area contributed by atoms with Crippen LogP contribution in [0, 0.1) is 6.92 Å². The molecule has 102 valence electrons. The van der Waals surface area contributed by atoms with Crippen molar-refractivity contribution >= 4 is 0 Å². The van der Waals surface area contributed by atoms with Gasteiger partial charge in [-0.15, -0.1) is 0 Å². The van der Waals surface area contributed by atoms with Gasteiger partial charge < -0.3 is 15.0 Å². The number of aryl methyl sites for hydroxylation is 1. The number of hydrogen-bond acceptors (Lipinski definition) is 5. The predicted octanol–water partition coefficient (Wildman–Crippen LogP) is 2.85. The van der Waals surface area contributed by atoms with Crippen LogP contribution in [-0.4, -0.2) is 17.3 Å². The molecule has 19 heavy (non-hydrogen) atoms. The Morgan fingerprint density at radius 1 is 1.42 bits per heavy atom. The van der Waals surface area contributed by atoms with Crippen LogP contribution < -0.4 is 10.5 Å². The van der Waals surface area contributed by atoms with Crippen LogP contribution in [0.1, 0.15) is 37.3 Å². The molecule has 0 fully saturated rings. The minimum atomic E-state index is -0.189. The smallest absolute Gasteiger partial charge is 0.243 e. The minimum absolute atomic E-state index is 0.189. The Bertz CT molecular complexity index is 551. The van der Waals surface area contributed by atoms with Gasteiger partial charge in [0.1, 0.15) is 5.75 Å². The van der Waals surface area contributed by atoms with Crippen molar-refractivity contribution in [2.75, 3.05) is 7.11 Å². The SMILES string of the molecule is CCC[C@H](N)c1nc(-c2ccc(OC)c(C)c2)no1. The molecule has 1 atom stereocenters. The molecule has 0 aliphatic heterocycles. The van der Waals surface area contributed by atoms with E-state index in [-0.39, 0.29) is 6.04 Å². The average molecular weight is 261 g/mol. The van der Waals surface area contributed by atoms with Crippen LogP contribution in [0.2, 0.25) is 0 Å². The van der Waals surface area contributed by atoms with Crippen LogP contribution in [0.3, 0.4) is 0 Å². The summed E-state index contributed by atoms with van der Waals surface area (Å²) in [6, 6.07) is 5.59. The summed E-state index contributed by atoms with van der Waals surface area (Å²) in [4.78, 5) is 4.35. The van der Waals surface area contributed by atoms with Crippen molar-refractivity contribution in [3.63, 3.8) is 0 Å². The van der Waals surface area contributed by atoms with E-state index >= 15 is 0 Å². The fourth-order valence-corrected chi connectivity index (χ4v) is 1.96. The quantitative estimate of drug-likeness (QED) is 0.895. The van der Waals surface area contributed by atoms with Gasteiger partial charge in [0.25, 0.3) is 0 Å². The van der Waals surface area contributed by atoms with E-state index in [1.165, 1.54) is 0 Å². The highest BCUT2D eigenvalue weighted by molar-refractivity contribution is 5.58. The van der Waals surface area contributed by atoms with Crippen LogP contribution in [0.5, 0.6) is 5.75 Å². The number of nitrogens with zero attached hydrogens (tertiary/aromatic N) is 2. The number of nitrogens with two attached hydrogens (primary N) is 1. The van der Waals surface area contributed by atoms with E-state index in [2.05, 4.69) is 17.1 Å². The summed E-state index contributed by atoms with van der Waals surface area (Å²) in [7, 11) is 1.65. The van der Waals surface area contributed by atoms with E-state index in [9.17, 15) is 0 Å². The Morgan fingerprint density at radius 3 is 2.84 bits per heavy atom. The zero-order chi connectivity index (χ0) is 13.8. The zero-order valence-corrected chi connectivity index (χ0v) is 11.5. The molecule has 1 heterocycles. The van der Waals surface area contributed by atoms with Gasteiger partial charge in [0.05, 0.1) is 13.2 Å². The average Bonchev–Trinajstić information content (AvgIpc) is 2.88. The molecule has 0 aliphatic carbocycles. The highest BCUT2D eigenvalue weighted by Gasteiger charge is 2.15. The van der Waals surface area contributed by atoms with E-state index < -0.39 is 0 Å². The van der Waals surface area contributed by atoms with Gasteiger partial charge in [-0.1, -0.05) is 18.5 Å². The Balaban J connectivity index is 2.25. The van der Waals surface area contributed by atoms with Gasteiger partial charge in [-0.3, -0.25) is 0 Å². The van der Waals surface area contributed by atoms with Crippen molar-refractivity contribution in [2.45, 2.75) is 32.7 Å². The Morgan fingerprint density at radius 2 is 2.21 bits per heavy atom. The number of hydrogen-bond donors (Lipinski definition) is 1. The molecule has 2 aromatic rings.